The summed E-state index contributed by atoms with van der Waals surface area (Å²) in [6, 6.07) is 0. The molecule has 0 aliphatic heterocycles. The summed E-state index contributed by atoms with van der Waals surface area (Å²) >= 11 is 0. The quantitative estimate of drug-likeness (QED) is 0.564. The van der Waals surface area contributed by atoms with Crippen LogP contribution in [0.3, 0.4) is 0 Å². The fraction of sp³-hybridized carbons (Fsp3) is 0.812. The van der Waals surface area contributed by atoms with Crippen LogP contribution in [0, 0.1) is 23.2 Å². The molecule has 0 amide bonds. The van der Waals surface area contributed by atoms with Crippen molar-refractivity contribution in [2.75, 3.05) is 0 Å². The Kier molecular flexibility index (Phi) is 4.15. The highest BCUT2D eigenvalue weighted by Gasteiger charge is 2.53. The molecule has 2 rings (SSSR count). The number of rotatable bonds is 4. The predicted octanol–water partition coefficient (Wildman–Crippen LogP) is 4.50. The lowest BCUT2D eigenvalue weighted by molar-refractivity contribution is -0.218. The monoisotopic (exact) mass is 304 g/mol. The fourth-order valence-corrected chi connectivity index (χ4v) is 3.75. The van der Waals surface area contributed by atoms with Gasteiger partial charge in [-0.05, 0) is 50.4 Å². The Balaban J connectivity index is 1.92. The highest BCUT2D eigenvalue weighted by Crippen LogP contribution is 2.55. The molecule has 5 heteroatoms. The Labute approximate surface area is 123 Å². The fourth-order valence-electron chi connectivity index (χ4n) is 3.75. The summed E-state index contributed by atoms with van der Waals surface area (Å²) in [6.07, 6.45) is -1.82. The zero-order chi connectivity index (χ0) is 16.0. The van der Waals surface area contributed by atoms with E-state index in [1.807, 2.05) is 0 Å². The van der Waals surface area contributed by atoms with Gasteiger partial charge in [-0.15, -0.1) is 0 Å². The molecule has 0 N–H and O–H groups in total. The second-order valence-electron chi connectivity index (χ2n) is 7.30. The van der Waals surface area contributed by atoms with Gasteiger partial charge in [0.2, 0.25) is 0 Å². The standard InChI is InChI=1S/C16H23F3O2/c1-9(2)14(20)21-13-7-10-5-11(13)6-12(10)8-15(3,4)16(17,18)19/h10-13H,1,5-8H2,2-4H3. The van der Waals surface area contributed by atoms with E-state index in [2.05, 4.69) is 6.58 Å². The molecule has 0 aromatic heterocycles. The minimum Gasteiger partial charge on any atom is -0.459 e. The van der Waals surface area contributed by atoms with Gasteiger partial charge in [0.05, 0.1) is 5.41 Å². The van der Waals surface area contributed by atoms with Gasteiger partial charge >= 0.3 is 12.1 Å². The Morgan fingerprint density at radius 3 is 2.24 bits per heavy atom. The predicted molar refractivity (Wildman–Crippen MR) is 73.5 cm³/mol. The van der Waals surface area contributed by atoms with Crippen molar-refractivity contribution < 1.29 is 22.7 Å². The number of carbonyl (C=O) groups is 1. The lowest BCUT2D eigenvalue weighted by atomic mass is 9.75. The highest BCUT2D eigenvalue weighted by molar-refractivity contribution is 5.87. The second kappa shape index (κ2) is 5.33. The molecule has 0 radical (unpaired) electrons. The summed E-state index contributed by atoms with van der Waals surface area (Å²) in [4.78, 5) is 11.5. The van der Waals surface area contributed by atoms with Crippen LogP contribution in [0.25, 0.3) is 0 Å². The van der Waals surface area contributed by atoms with E-state index < -0.39 is 11.6 Å². The Bertz CT molecular complexity index is 439. The zero-order valence-corrected chi connectivity index (χ0v) is 12.8. The zero-order valence-electron chi connectivity index (χ0n) is 12.8. The van der Waals surface area contributed by atoms with Crippen molar-refractivity contribution in [2.45, 2.75) is 58.7 Å². The van der Waals surface area contributed by atoms with Gasteiger partial charge in [-0.3, -0.25) is 0 Å². The van der Waals surface area contributed by atoms with Crippen molar-refractivity contribution in [3.8, 4) is 0 Å². The molecule has 0 aromatic rings. The van der Waals surface area contributed by atoms with Crippen molar-refractivity contribution >= 4 is 5.97 Å². The van der Waals surface area contributed by atoms with E-state index in [0.29, 0.717) is 12.0 Å². The van der Waals surface area contributed by atoms with Gasteiger partial charge in [0.25, 0.3) is 0 Å². The van der Waals surface area contributed by atoms with Crippen LogP contribution < -0.4 is 0 Å². The van der Waals surface area contributed by atoms with Crippen molar-refractivity contribution in [1.82, 2.24) is 0 Å². The molecular weight excluding hydrogens is 281 g/mol. The number of esters is 1. The molecule has 0 saturated heterocycles. The van der Waals surface area contributed by atoms with Crippen LogP contribution >= 0.6 is 0 Å². The Morgan fingerprint density at radius 1 is 1.19 bits per heavy atom. The molecule has 2 bridgehead atoms. The second-order valence-corrected chi connectivity index (χ2v) is 7.30. The smallest absolute Gasteiger partial charge is 0.393 e. The summed E-state index contributed by atoms with van der Waals surface area (Å²) in [6.45, 7) is 7.70. The van der Waals surface area contributed by atoms with Gasteiger partial charge < -0.3 is 4.74 Å². The van der Waals surface area contributed by atoms with Crippen LogP contribution in [-0.4, -0.2) is 18.2 Å². The maximum absolute atomic E-state index is 13.0. The van der Waals surface area contributed by atoms with Crippen molar-refractivity contribution in [3.63, 3.8) is 0 Å². The lowest BCUT2D eigenvalue weighted by Gasteiger charge is -2.35. The van der Waals surface area contributed by atoms with Crippen LogP contribution in [0.2, 0.25) is 0 Å². The number of alkyl halides is 3. The third-order valence-electron chi connectivity index (χ3n) is 5.09. The molecule has 2 aliphatic carbocycles. The molecule has 0 heterocycles. The van der Waals surface area contributed by atoms with Gasteiger partial charge in [0.15, 0.2) is 0 Å². The number of carbonyl (C=O) groups excluding carboxylic acids is 1. The van der Waals surface area contributed by atoms with E-state index >= 15 is 0 Å². The average molecular weight is 304 g/mol. The number of halogens is 3. The van der Waals surface area contributed by atoms with Gasteiger partial charge in [0, 0.05) is 5.57 Å². The average Bonchev–Trinajstić information content (AvgIpc) is 2.86. The summed E-state index contributed by atoms with van der Waals surface area (Å²) < 4.78 is 44.4. The van der Waals surface area contributed by atoms with Crippen LogP contribution in [0.4, 0.5) is 13.2 Å². The minimum absolute atomic E-state index is 0.0893. The summed E-state index contributed by atoms with van der Waals surface area (Å²) in [5.74, 6) is 0.165. The number of fused-ring (bicyclic) bond motifs is 2. The number of ether oxygens (including phenoxy) is 1. The van der Waals surface area contributed by atoms with E-state index in [1.54, 1.807) is 6.92 Å². The van der Waals surface area contributed by atoms with E-state index in [0.717, 1.165) is 12.8 Å². The summed E-state index contributed by atoms with van der Waals surface area (Å²) in [5.41, 5.74) is -1.28. The molecule has 0 spiro atoms. The first-order chi connectivity index (χ1) is 9.51. The lowest BCUT2D eigenvalue weighted by Crippen LogP contribution is -2.36. The number of hydrogen-bond acceptors (Lipinski definition) is 2. The molecule has 2 saturated carbocycles. The topological polar surface area (TPSA) is 26.3 Å². The van der Waals surface area contributed by atoms with Crippen LogP contribution in [0.5, 0.6) is 0 Å². The van der Waals surface area contributed by atoms with Crippen molar-refractivity contribution in [2.24, 2.45) is 23.2 Å². The van der Waals surface area contributed by atoms with Crippen molar-refractivity contribution in [3.05, 3.63) is 12.2 Å². The van der Waals surface area contributed by atoms with Crippen LogP contribution in [0.15, 0.2) is 12.2 Å². The molecule has 0 aromatic carbocycles. The maximum atomic E-state index is 13.0. The molecule has 2 fully saturated rings. The van der Waals surface area contributed by atoms with Gasteiger partial charge in [-0.1, -0.05) is 20.4 Å². The summed E-state index contributed by atoms with van der Waals surface area (Å²) in [5, 5.41) is 0. The summed E-state index contributed by atoms with van der Waals surface area (Å²) in [7, 11) is 0. The van der Waals surface area contributed by atoms with Crippen LogP contribution in [-0.2, 0) is 9.53 Å². The molecular formula is C16H23F3O2. The highest BCUT2D eigenvalue weighted by atomic mass is 19.4. The minimum atomic E-state index is -4.17. The molecule has 21 heavy (non-hydrogen) atoms. The maximum Gasteiger partial charge on any atom is 0.393 e. The van der Waals surface area contributed by atoms with E-state index in [9.17, 15) is 18.0 Å². The largest absolute Gasteiger partial charge is 0.459 e. The van der Waals surface area contributed by atoms with E-state index in [4.69, 9.17) is 4.74 Å². The van der Waals surface area contributed by atoms with Crippen molar-refractivity contribution in [1.29, 1.82) is 0 Å². The van der Waals surface area contributed by atoms with Gasteiger partial charge in [-0.25, -0.2) is 4.79 Å². The van der Waals surface area contributed by atoms with Gasteiger partial charge in [-0.2, -0.15) is 13.2 Å². The van der Waals surface area contributed by atoms with E-state index in [1.165, 1.54) is 13.8 Å². The molecule has 2 nitrogen and oxygen atoms in total. The van der Waals surface area contributed by atoms with E-state index in [-0.39, 0.29) is 36.2 Å². The third-order valence-corrected chi connectivity index (χ3v) is 5.09. The van der Waals surface area contributed by atoms with Gasteiger partial charge in [0.1, 0.15) is 6.10 Å². The number of hydrogen-bond donors (Lipinski definition) is 0. The Morgan fingerprint density at radius 2 is 1.81 bits per heavy atom. The molecule has 2 aliphatic rings. The molecule has 4 unspecified atom stereocenters. The first-order valence-electron chi connectivity index (χ1n) is 7.44. The first-order valence-corrected chi connectivity index (χ1v) is 7.44. The normalized spacial score (nSPS) is 32.3. The first kappa shape index (κ1) is 16.4. The van der Waals surface area contributed by atoms with Crippen LogP contribution in [0.1, 0.15) is 46.5 Å². The third kappa shape index (κ3) is 3.27. The molecule has 4 atom stereocenters. The SMILES string of the molecule is C=C(C)C(=O)OC1CC2CC1CC2CC(C)(C)C(F)(F)F. The molecule has 120 valence electrons. The Hall–Kier alpha value is -1.00.